The van der Waals surface area contributed by atoms with Crippen LogP contribution in [0.25, 0.3) is 26.2 Å². The number of anilines is 1. The van der Waals surface area contributed by atoms with E-state index in [4.69, 9.17) is 9.47 Å². The third-order valence-electron chi connectivity index (χ3n) is 7.15. The van der Waals surface area contributed by atoms with Crippen molar-refractivity contribution in [2.45, 2.75) is 25.0 Å². The third kappa shape index (κ3) is 2.43. The van der Waals surface area contributed by atoms with Gasteiger partial charge in [-0.15, -0.1) is 11.3 Å². The maximum absolute atomic E-state index is 11.4. The van der Waals surface area contributed by atoms with E-state index < -0.39 is 16.1 Å². The molecule has 0 saturated carbocycles. The molecule has 166 valence electrons. The SMILES string of the molecule is COc1cc([N+](=O)[O-])cc2c1OC1(C=C2)N(C)c2ccc3c(sc4ccccc43)c2C1(C)C. The molecular weight excluding hydrogens is 436 g/mol. The zero-order valence-corrected chi connectivity index (χ0v) is 19.5. The Bertz CT molecular complexity index is 1520. The number of thiophene rings is 1. The highest BCUT2D eigenvalue weighted by Gasteiger charge is 2.59. The summed E-state index contributed by atoms with van der Waals surface area (Å²) in [5, 5.41) is 13.9. The van der Waals surface area contributed by atoms with E-state index in [1.165, 1.54) is 45.0 Å². The molecule has 3 aromatic carbocycles. The van der Waals surface area contributed by atoms with Gasteiger partial charge in [0.1, 0.15) is 0 Å². The fourth-order valence-corrected chi connectivity index (χ4v) is 6.85. The highest BCUT2D eigenvalue weighted by molar-refractivity contribution is 7.26. The van der Waals surface area contributed by atoms with E-state index in [0.29, 0.717) is 17.1 Å². The first kappa shape index (κ1) is 20.1. The molecule has 0 aliphatic carbocycles. The van der Waals surface area contributed by atoms with Crippen molar-refractivity contribution in [2.24, 2.45) is 0 Å². The molecule has 4 aromatic rings. The molecule has 0 saturated heterocycles. The fraction of sp³-hybridized carbons (Fsp3) is 0.231. The number of hydrogen-bond donors (Lipinski definition) is 0. The number of benzene rings is 3. The lowest BCUT2D eigenvalue weighted by atomic mass is 9.76. The number of likely N-dealkylation sites (N-methyl/N-ethyl adjacent to an activating group) is 1. The average Bonchev–Trinajstić information content (AvgIpc) is 3.26. The van der Waals surface area contributed by atoms with Crippen molar-refractivity contribution in [3.8, 4) is 11.5 Å². The molecule has 1 aromatic heterocycles. The molecule has 0 amide bonds. The minimum atomic E-state index is -0.809. The number of methoxy groups -OCH3 is 1. The van der Waals surface area contributed by atoms with E-state index in [0.717, 1.165) is 5.69 Å². The summed E-state index contributed by atoms with van der Waals surface area (Å²) in [4.78, 5) is 13.1. The minimum Gasteiger partial charge on any atom is -0.493 e. The molecule has 1 unspecified atom stereocenters. The van der Waals surface area contributed by atoms with E-state index in [1.54, 1.807) is 0 Å². The van der Waals surface area contributed by atoms with Gasteiger partial charge in [0.05, 0.1) is 23.5 Å². The molecule has 2 aliphatic rings. The van der Waals surface area contributed by atoms with Crippen LogP contribution in [0.5, 0.6) is 11.5 Å². The van der Waals surface area contributed by atoms with E-state index in [9.17, 15) is 10.1 Å². The van der Waals surface area contributed by atoms with Crippen LogP contribution >= 0.6 is 11.3 Å². The van der Waals surface area contributed by atoms with Gasteiger partial charge < -0.3 is 14.4 Å². The van der Waals surface area contributed by atoms with E-state index in [2.05, 4.69) is 55.1 Å². The number of nitro groups is 1. The minimum absolute atomic E-state index is 0.0240. The Labute approximate surface area is 194 Å². The number of hydrogen-bond acceptors (Lipinski definition) is 6. The van der Waals surface area contributed by atoms with Crippen molar-refractivity contribution < 1.29 is 14.4 Å². The van der Waals surface area contributed by atoms with Crippen LogP contribution in [0.1, 0.15) is 25.0 Å². The Morgan fingerprint density at radius 3 is 2.67 bits per heavy atom. The smallest absolute Gasteiger partial charge is 0.274 e. The zero-order valence-electron chi connectivity index (χ0n) is 18.7. The number of nitro benzene ring substituents is 1. The van der Waals surface area contributed by atoms with Gasteiger partial charge in [0.2, 0.25) is 5.72 Å². The lowest BCUT2D eigenvalue weighted by molar-refractivity contribution is -0.385. The monoisotopic (exact) mass is 458 g/mol. The molecule has 7 heteroatoms. The van der Waals surface area contributed by atoms with E-state index in [-0.39, 0.29) is 5.69 Å². The summed E-state index contributed by atoms with van der Waals surface area (Å²) in [6.07, 6.45) is 3.94. The summed E-state index contributed by atoms with van der Waals surface area (Å²) in [6.45, 7) is 4.40. The normalized spacial score (nSPS) is 20.2. The maximum atomic E-state index is 11.4. The largest absolute Gasteiger partial charge is 0.493 e. The van der Waals surface area contributed by atoms with Crippen molar-refractivity contribution in [1.82, 2.24) is 0 Å². The molecule has 2 aliphatic heterocycles. The van der Waals surface area contributed by atoms with Gasteiger partial charge in [-0.1, -0.05) is 24.3 Å². The predicted molar refractivity (Wildman–Crippen MR) is 133 cm³/mol. The van der Waals surface area contributed by atoms with Gasteiger partial charge in [-0.25, -0.2) is 0 Å². The molecule has 6 nitrogen and oxygen atoms in total. The Hall–Kier alpha value is -3.58. The summed E-state index contributed by atoms with van der Waals surface area (Å²) in [5.74, 6) is 0.876. The van der Waals surface area contributed by atoms with Crippen LogP contribution in [-0.2, 0) is 5.41 Å². The number of nitrogens with zero attached hydrogens (tertiary/aromatic N) is 2. The van der Waals surface area contributed by atoms with Crippen LogP contribution in [-0.4, -0.2) is 24.8 Å². The molecule has 33 heavy (non-hydrogen) atoms. The van der Waals surface area contributed by atoms with Crippen molar-refractivity contribution in [3.63, 3.8) is 0 Å². The van der Waals surface area contributed by atoms with Crippen LogP contribution in [0.2, 0.25) is 0 Å². The highest BCUT2D eigenvalue weighted by Crippen LogP contribution is 2.58. The Morgan fingerprint density at radius 2 is 1.91 bits per heavy atom. The number of fused-ring (bicyclic) bond motifs is 6. The first-order valence-corrected chi connectivity index (χ1v) is 11.5. The van der Waals surface area contributed by atoms with Crippen molar-refractivity contribution in [1.29, 1.82) is 0 Å². The van der Waals surface area contributed by atoms with Gasteiger partial charge in [0.25, 0.3) is 5.69 Å². The number of ether oxygens (including phenoxy) is 2. The molecule has 3 heterocycles. The summed E-state index contributed by atoms with van der Waals surface area (Å²) in [7, 11) is 3.55. The molecule has 0 bridgehead atoms. The molecular formula is C26H22N2O4S. The molecule has 6 rings (SSSR count). The average molecular weight is 459 g/mol. The van der Waals surface area contributed by atoms with E-state index in [1.807, 2.05) is 30.5 Å². The fourth-order valence-electron chi connectivity index (χ4n) is 5.45. The van der Waals surface area contributed by atoms with Crippen molar-refractivity contribution >= 4 is 49.0 Å². The van der Waals surface area contributed by atoms with Gasteiger partial charge in [-0.05, 0) is 38.1 Å². The van der Waals surface area contributed by atoms with Gasteiger partial charge in [-0.2, -0.15) is 0 Å². The number of non-ortho nitro benzene ring substituents is 1. The van der Waals surface area contributed by atoms with Crippen LogP contribution in [0, 0.1) is 10.1 Å². The summed E-state index contributed by atoms with van der Waals surface area (Å²) in [6, 6.07) is 15.8. The van der Waals surface area contributed by atoms with Crippen LogP contribution in [0.4, 0.5) is 11.4 Å². The maximum Gasteiger partial charge on any atom is 0.274 e. The first-order chi connectivity index (χ1) is 15.8. The molecule has 0 N–H and O–H groups in total. The van der Waals surface area contributed by atoms with E-state index >= 15 is 0 Å². The highest BCUT2D eigenvalue weighted by atomic mass is 32.1. The second-order valence-electron chi connectivity index (χ2n) is 9.07. The van der Waals surface area contributed by atoms with Gasteiger partial charge in [0, 0.05) is 50.1 Å². The quantitative estimate of drug-likeness (QED) is 0.253. The van der Waals surface area contributed by atoms with Gasteiger partial charge in [-0.3, -0.25) is 10.1 Å². The standard InChI is InChI=1S/C26H22N2O4S/c1-25(2)22-19(10-9-18-17-7-5-6-8-21(17)33-24(18)22)27(3)26(25)12-11-15-13-16(28(29)30)14-20(31-4)23(15)32-26/h5-14H,1-4H3. The summed E-state index contributed by atoms with van der Waals surface area (Å²) in [5.41, 5.74) is 1.75. The zero-order chi connectivity index (χ0) is 23.1. The molecule has 1 atom stereocenters. The summed E-state index contributed by atoms with van der Waals surface area (Å²) < 4.78 is 14.8. The lowest BCUT2D eigenvalue weighted by Crippen LogP contribution is -2.58. The molecule has 1 spiro atoms. The molecule has 0 radical (unpaired) electrons. The van der Waals surface area contributed by atoms with Crippen molar-refractivity contribution in [2.75, 3.05) is 19.1 Å². The topological polar surface area (TPSA) is 64.8 Å². The van der Waals surface area contributed by atoms with Crippen LogP contribution in [0.3, 0.4) is 0 Å². The lowest BCUT2D eigenvalue weighted by Gasteiger charge is -2.45. The van der Waals surface area contributed by atoms with Gasteiger partial charge >= 0.3 is 0 Å². The van der Waals surface area contributed by atoms with Crippen LogP contribution in [0.15, 0.2) is 54.6 Å². The van der Waals surface area contributed by atoms with Crippen molar-refractivity contribution in [3.05, 3.63) is 75.8 Å². The van der Waals surface area contributed by atoms with Gasteiger partial charge in [0.15, 0.2) is 11.5 Å². The molecule has 0 fully saturated rings. The predicted octanol–water partition coefficient (Wildman–Crippen LogP) is 6.50. The Morgan fingerprint density at radius 1 is 1.12 bits per heavy atom. The number of rotatable bonds is 2. The summed E-state index contributed by atoms with van der Waals surface area (Å²) >= 11 is 1.81. The first-order valence-electron chi connectivity index (χ1n) is 10.7. The third-order valence-corrected chi connectivity index (χ3v) is 8.35. The Balaban J connectivity index is 1.58. The second-order valence-corrected chi connectivity index (χ2v) is 10.1. The Kier molecular flexibility index (Phi) is 3.94. The second kappa shape index (κ2) is 6.48. The van der Waals surface area contributed by atoms with Crippen LogP contribution < -0.4 is 14.4 Å².